The highest BCUT2D eigenvalue weighted by Crippen LogP contribution is 2.06. The maximum Gasteiger partial charge on any atom is 0.332 e. The minimum Gasteiger partial charge on any atom is -0.479 e. The molecule has 0 aromatic carbocycles. The molecule has 15 heavy (non-hydrogen) atoms. The van der Waals surface area contributed by atoms with Crippen LogP contribution in [0.5, 0.6) is 0 Å². The van der Waals surface area contributed by atoms with Crippen molar-refractivity contribution in [1.29, 1.82) is 0 Å². The molecular formula is C11H23NO3. The van der Waals surface area contributed by atoms with Crippen LogP contribution in [0.2, 0.25) is 0 Å². The SMILES string of the molecule is CCCC(OCC(C)CN(C)C)C(=O)O. The number of carboxylic acids is 1. The van der Waals surface area contributed by atoms with Gasteiger partial charge in [-0.25, -0.2) is 4.79 Å². The Hall–Kier alpha value is -0.610. The summed E-state index contributed by atoms with van der Waals surface area (Å²) in [6.45, 7) is 5.45. The van der Waals surface area contributed by atoms with Crippen LogP contribution in [0.4, 0.5) is 0 Å². The Morgan fingerprint density at radius 3 is 2.47 bits per heavy atom. The summed E-state index contributed by atoms with van der Waals surface area (Å²) in [4.78, 5) is 12.9. The first-order valence-corrected chi connectivity index (χ1v) is 5.46. The zero-order chi connectivity index (χ0) is 11.8. The van der Waals surface area contributed by atoms with Crippen LogP contribution in [-0.2, 0) is 9.53 Å². The van der Waals surface area contributed by atoms with E-state index in [-0.39, 0.29) is 0 Å². The van der Waals surface area contributed by atoms with E-state index < -0.39 is 12.1 Å². The third kappa shape index (κ3) is 7.33. The number of carboxylic acid groups (broad SMARTS) is 1. The number of rotatable bonds is 8. The second-order valence-electron chi connectivity index (χ2n) is 4.32. The fourth-order valence-electron chi connectivity index (χ4n) is 1.50. The number of hydrogen-bond acceptors (Lipinski definition) is 3. The molecule has 4 heteroatoms. The summed E-state index contributed by atoms with van der Waals surface area (Å²) in [5.74, 6) is -0.493. The predicted molar refractivity (Wildman–Crippen MR) is 60.0 cm³/mol. The lowest BCUT2D eigenvalue weighted by molar-refractivity contribution is -0.151. The molecular weight excluding hydrogens is 194 g/mol. The van der Waals surface area contributed by atoms with Gasteiger partial charge in [-0.05, 0) is 26.4 Å². The molecule has 0 heterocycles. The quantitative estimate of drug-likeness (QED) is 0.668. The zero-order valence-corrected chi connectivity index (χ0v) is 10.2. The molecule has 0 saturated heterocycles. The smallest absolute Gasteiger partial charge is 0.332 e. The number of ether oxygens (including phenoxy) is 1. The molecule has 90 valence electrons. The number of carbonyl (C=O) groups is 1. The average molecular weight is 217 g/mol. The predicted octanol–water partition coefficient (Wildman–Crippen LogP) is 1.45. The standard InChI is InChI=1S/C11H23NO3/c1-5-6-10(11(13)14)15-8-9(2)7-12(3)4/h9-10H,5-8H2,1-4H3,(H,13,14). The molecule has 0 aromatic heterocycles. The molecule has 0 aliphatic heterocycles. The lowest BCUT2D eigenvalue weighted by Crippen LogP contribution is -2.29. The molecule has 0 radical (unpaired) electrons. The second kappa shape index (κ2) is 7.65. The lowest BCUT2D eigenvalue weighted by atomic mass is 10.1. The monoisotopic (exact) mass is 217 g/mol. The van der Waals surface area contributed by atoms with Crippen LogP contribution in [-0.4, -0.2) is 49.3 Å². The van der Waals surface area contributed by atoms with Crippen molar-refractivity contribution in [2.45, 2.75) is 32.8 Å². The fraction of sp³-hybridized carbons (Fsp3) is 0.909. The van der Waals surface area contributed by atoms with Crippen LogP contribution in [0.1, 0.15) is 26.7 Å². The van der Waals surface area contributed by atoms with Crippen molar-refractivity contribution in [1.82, 2.24) is 4.90 Å². The molecule has 0 aromatic rings. The molecule has 1 N–H and O–H groups in total. The summed E-state index contributed by atoms with van der Waals surface area (Å²) in [5.41, 5.74) is 0. The molecule has 2 atom stereocenters. The van der Waals surface area contributed by atoms with Crippen LogP contribution in [0, 0.1) is 5.92 Å². The van der Waals surface area contributed by atoms with Gasteiger partial charge in [0.15, 0.2) is 6.10 Å². The van der Waals surface area contributed by atoms with E-state index in [1.165, 1.54) is 0 Å². The van der Waals surface area contributed by atoms with Gasteiger partial charge in [-0.1, -0.05) is 20.3 Å². The first kappa shape index (κ1) is 14.4. The zero-order valence-electron chi connectivity index (χ0n) is 10.2. The molecule has 0 rings (SSSR count). The maximum atomic E-state index is 10.8. The molecule has 0 bridgehead atoms. The van der Waals surface area contributed by atoms with Gasteiger partial charge in [0.05, 0.1) is 6.61 Å². The summed E-state index contributed by atoms with van der Waals surface area (Å²) >= 11 is 0. The van der Waals surface area contributed by atoms with Gasteiger partial charge in [0.2, 0.25) is 0 Å². The van der Waals surface area contributed by atoms with E-state index >= 15 is 0 Å². The van der Waals surface area contributed by atoms with Crippen LogP contribution in [0.15, 0.2) is 0 Å². The van der Waals surface area contributed by atoms with E-state index in [4.69, 9.17) is 9.84 Å². The molecule has 0 fully saturated rings. The number of aliphatic carboxylic acids is 1. The molecule has 0 amide bonds. The van der Waals surface area contributed by atoms with Crippen LogP contribution in [0.3, 0.4) is 0 Å². The van der Waals surface area contributed by atoms with Crippen molar-refractivity contribution in [2.75, 3.05) is 27.2 Å². The highest BCUT2D eigenvalue weighted by molar-refractivity contribution is 5.72. The molecule has 4 nitrogen and oxygen atoms in total. The minimum absolute atomic E-state index is 0.360. The van der Waals surface area contributed by atoms with Crippen molar-refractivity contribution in [3.8, 4) is 0 Å². The van der Waals surface area contributed by atoms with Crippen molar-refractivity contribution in [2.24, 2.45) is 5.92 Å². The van der Waals surface area contributed by atoms with Crippen LogP contribution < -0.4 is 0 Å². The van der Waals surface area contributed by atoms with Gasteiger partial charge in [-0.2, -0.15) is 0 Å². The first-order valence-electron chi connectivity index (χ1n) is 5.46. The first-order chi connectivity index (χ1) is 6.97. The van der Waals surface area contributed by atoms with Gasteiger partial charge in [0.1, 0.15) is 0 Å². The topological polar surface area (TPSA) is 49.8 Å². The highest BCUT2D eigenvalue weighted by Gasteiger charge is 2.17. The van der Waals surface area contributed by atoms with E-state index in [0.29, 0.717) is 18.9 Å². The van der Waals surface area contributed by atoms with Crippen LogP contribution >= 0.6 is 0 Å². The summed E-state index contributed by atoms with van der Waals surface area (Å²) in [7, 11) is 3.99. The Labute approximate surface area is 92.2 Å². The maximum absolute atomic E-state index is 10.8. The average Bonchev–Trinajstić information content (AvgIpc) is 2.10. The summed E-state index contributed by atoms with van der Waals surface area (Å²) in [6, 6.07) is 0. The number of hydrogen-bond donors (Lipinski definition) is 1. The summed E-state index contributed by atoms with van der Waals surface area (Å²) in [6.07, 6.45) is 0.780. The van der Waals surface area contributed by atoms with E-state index in [9.17, 15) is 4.79 Å². The normalized spacial score (nSPS) is 15.3. The molecule has 2 unspecified atom stereocenters. The van der Waals surface area contributed by atoms with E-state index in [1.807, 2.05) is 21.0 Å². The van der Waals surface area contributed by atoms with Gasteiger partial charge in [0.25, 0.3) is 0 Å². The Morgan fingerprint density at radius 1 is 1.47 bits per heavy atom. The molecule has 0 aliphatic carbocycles. The van der Waals surface area contributed by atoms with Gasteiger partial charge < -0.3 is 14.7 Å². The Bertz CT molecular complexity index is 183. The van der Waals surface area contributed by atoms with Gasteiger partial charge in [0, 0.05) is 6.54 Å². The van der Waals surface area contributed by atoms with E-state index in [1.54, 1.807) is 0 Å². The van der Waals surface area contributed by atoms with E-state index in [0.717, 1.165) is 13.0 Å². The van der Waals surface area contributed by atoms with Crippen molar-refractivity contribution >= 4 is 5.97 Å². The molecule has 0 spiro atoms. The van der Waals surface area contributed by atoms with Gasteiger partial charge in [-0.3, -0.25) is 0 Å². The van der Waals surface area contributed by atoms with Gasteiger partial charge in [-0.15, -0.1) is 0 Å². The minimum atomic E-state index is -0.853. The fourth-order valence-corrected chi connectivity index (χ4v) is 1.50. The molecule has 0 aliphatic rings. The van der Waals surface area contributed by atoms with Crippen molar-refractivity contribution in [3.63, 3.8) is 0 Å². The third-order valence-electron chi connectivity index (χ3n) is 2.09. The van der Waals surface area contributed by atoms with E-state index in [2.05, 4.69) is 11.8 Å². The second-order valence-corrected chi connectivity index (χ2v) is 4.32. The Balaban J connectivity index is 3.83. The Kier molecular flexibility index (Phi) is 7.34. The van der Waals surface area contributed by atoms with Crippen LogP contribution in [0.25, 0.3) is 0 Å². The third-order valence-corrected chi connectivity index (χ3v) is 2.09. The van der Waals surface area contributed by atoms with Gasteiger partial charge >= 0.3 is 5.97 Å². The molecule has 0 saturated carbocycles. The number of nitrogens with zero attached hydrogens (tertiary/aromatic N) is 1. The van der Waals surface area contributed by atoms with Crippen molar-refractivity contribution < 1.29 is 14.6 Å². The summed E-state index contributed by atoms with van der Waals surface area (Å²) < 4.78 is 5.38. The highest BCUT2D eigenvalue weighted by atomic mass is 16.5. The summed E-state index contributed by atoms with van der Waals surface area (Å²) in [5, 5.41) is 8.86. The Morgan fingerprint density at radius 2 is 2.07 bits per heavy atom. The largest absolute Gasteiger partial charge is 0.479 e. The van der Waals surface area contributed by atoms with Crippen molar-refractivity contribution in [3.05, 3.63) is 0 Å². The lowest BCUT2D eigenvalue weighted by Gasteiger charge is -2.19.